The van der Waals surface area contributed by atoms with Crippen LogP contribution in [-0.4, -0.2) is 0 Å². The van der Waals surface area contributed by atoms with E-state index < -0.39 is 11.7 Å². The number of hydrogen-bond acceptors (Lipinski definition) is 2. The SMILES string of the molecule is Cc1ccc(Nc2ccc(C(F)(F)F)cc2C#N)c(C)c1. The minimum Gasteiger partial charge on any atom is -0.354 e. The molecule has 0 fully saturated rings. The molecule has 2 rings (SSSR count). The van der Waals surface area contributed by atoms with Crippen LogP contribution in [0, 0.1) is 25.2 Å². The summed E-state index contributed by atoms with van der Waals surface area (Å²) in [5, 5.41) is 12.1. The number of hydrogen-bond donors (Lipinski definition) is 1. The molecule has 0 atom stereocenters. The second kappa shape index (κ2) is 5.49. The molecule has 5 heteroatoms. The van der Waals surface area contributed by atoms with Gasteiger partial charge in [0.15, 0.2) is 0 Å². The monoisotopic (exact) mass is 290 g/mol. The minimum absolute atomic E-state index is 0.0372. The van der Waals surface area contributed by atoms with Crippen molar-refractivity contribution in [1.82, 2.24) is 0 Å². The highest BCUT2D eigenvalue weighted by molar-refractivity contribution is 5.69. The lowest BCUT2D eigenvalue weighted by molar-refractivity contribution is -0.137. The van der Waals surface area contributed by atoms with Gasteiger partial charge in [-0.15, -0.1) is 0 Å². The van der Waals surface area contributed by atoms with Gasteiger partial charge in [-0.1, -0.05) is 17.7 Å². The third kappa shape index (κ3) is 3.34. The first-order valence-corrected chi connectivity index (χ1v) is 6.27. The number of nitrogens with zero attached hydrogens (tertiary/aromatic N) is 1. The molecule has 0 aliphatic rings. The first-order chi connectivity index (χ1) is 9.81. The van der Waals surface area contributed by atoms with Crippen LogP contribution in [0.4, 0.5) is 24.5 Å². The highest BCUT2D eigenvalue weighted by Crippen LogP contribution is 2.32. The Morgan fingerprint density at radius 1 is 1.00 bits per heavy atom. The van der Waals surface area contributed by atoms with Crippen molar-refractivity contribution in [3.63, 3.8) is 0 Å². The van der Waals surface area contributed by atoms with Crippen molar-refractivity contribution in [2.75, 3.05) is 5.32 Å². The summed E-state index contributed by atoms with van der Waals surface area (Å²) in [4.78, 5) is 0. The summed E-state index contributed by atoms with van der Waals surface area (Å²) in [5.41, 5.74) is 2.30. The Hall–Kier alpha value is -2.48. The Bertz CT molecular complexity index is 712. The molecule has 0 heterocycles. The van der Waals surface area contributed by atoms with E-state index in [4.69, 9.17) is 5.26 Å². The number of benzene rings is 2. The molecule has 2 nitrogen and oxygen atoms in total. The summed E-state index contributed by atoms with van der Waals surface area (Å²) in [5.74, 6) is 0. The van der Waals surface area contributed by atoms with E-state index in [1.165, 1.54) is 6.07 Å². The standard InChI is InChI=1S/C16H13F3N2/c1-10-3-5-14(11(2)7-10)21-15-6-4-13(16(17,18)19)8-12(15)9-20/h3-8,21H,1-2H3. The van der Waals surface area contributed by atoms with Gasteiger partial charge in [0.05, 0.1) is 16.8 Å². The molecule has 0 unspecified atom stereocenters. The maximum atomic E-state index is 12.6. The summed E-state index contributed by atoms with van der Waals surface area (Å²) in [6, 6.07) is 10.6. The molecule has 108 valence electrons. The molecule has 21 heavy (non-hydrogen) atoms. The zero-order chi connectivity index (χ0) is 15.6. The summed E-state index contributed by atoms with van der Waals surface area (Å²) >= 11 is 0. The topological polar surface area (TPSA) is 35.8 Å². The predicted octanol–water partition coefficient (Wildman–Crippen LogP) is 4.94. The van der Waals surface area contributed by atoms with Crippen LogP contribution in [0.25, 0.3) is 0 Å². The van der Waals surface area contributed by atoms with E-state index in [0.717, 1.165) is 28.9 Å². The molecule has 0 spiro atoms. The van der Waals surface area contributed by atoms with Gasteiger partial charge in [-0.2, -0.15) is 18.4 Å². The summed E-state index contributed by atoms with van der Waals surface area (Å²) in [7, 11) is 0. The van der Waals surface area contributed by atoms with Gasteiger partial charge in [0.1, 0.15) is 6.07 Å². The Kier molecular flexibility index (Phi) is 3.90. The van der Waals surface area contributed by atoms with E-state index in [9.17, 15) is 13.2 Å². The highest BCUT2D eigenvalue weighted by Gasteiger charge is 2.31. The second-order valence-corrected chi connectivity index (χ2v) is 4.81. The molecule has 0 aliphatic carbocycles. The third-order valence-electron chi connectivity index (χ3n) is 3.12. The van der Waals surface area contributed by atoms with Crippen LogP contribution in [0.5, 0.6) is 0 Å². The molecule has 2 aromatic rings. The van der Waals surface area contributed by atoms with Crippen LogP contribution in [0.15, 0.2) is 36.4 Å². The zero-order valence-electron chi connectivity index (χ0n) is 11.5. The lowest BCUT2D eigenvalue weighted by atomic mass is 10.1. The number of nitrogens with one attached hydrogen (secondary N) is 1. The maximum absolute atomic E-state index is 12.6. The van der Waals surface area contributed by atoms with Crippen LogP contribution < -0.4 is 5.32 Å². The molecule has 0 amide bonds. The molecule has 0 bridgehead atoms. The Morgan fingerprint density at radius 2 is 1.67 bits per heavy atom. The van der Waals surface area contributed by atoms with Crippen LogP contribution in [-0.2, 0) is 6.18 Å². The summed E-state index contributed by atoms with van der Waals surface area (Å²) < 4.78 is 37.9. The molecule has 1 N–H and O–H groups in total. The normalized spacial score (nSPS) is 11.0. The summed E-state index contributed by atoms with van der Waals surface area (Å²) in [6.45, 7) is 3.85. The van der Waals surface area contributed by atoms with E-state index in [0.29, 0.717) is 5.69 Å². The number of alkyl halides is 3. The van der Waals surface area contributed by atoms with Crippen LogP contribution in [0.2, 0.25) is 0 Å². The van der Waals surface area contributed by atoms with Gasteiger partial charge in [0, 0.05) is 5.69 Å². The van der Waals surface area contributed by atoms with Gasteiger partial charge in [-0.25, -0.2) is 0 Å². The fourth-order valence-corrected chi connectivity index (χ4v) is 2.02. The third-order valence-corrected chi connectivity index (χ3v) is 3.12. The van der Waals surface area contributed by atoms with Crippen LogP contribution in [0.1, 0.15) is 22.3 Å². The number of anilines is 2. The number of halogens is 3. The van der Waals surface area contributed by atoms with Crippen LogP contribution in [0.3, 0.4) is 0 Å². The van der Waals surface area contributed by atoms with E-state index in [1.807, 2.05) is 32.0 Å². The lowest BCUT2D eigenvalue weighted by Crippen LogP contribution is -2.06. The summed E-state index contributed by atoms with van der Waals surface area (Å²) in [6.07, 6.45) is -4.45. The molecule has 0 radical (unpaired) electrons. The molecule has 2 aromatic carbocycles. The second-order valence-electron chi connectivity index (χ2n) is 4.81. The average molecular weight is 290 g/mol. The van der Waals surface area contributed by atoms with E-state index in [-0.39, 0.29) is 5.56 Å². The van der Waals surface area contributed by atoms with E-state index in [1.54, 1.807) is 6.07 Å². The van der Waals surface area contributed by atoms with Crippen molar-refractivity contribution < 1.29 is 13.2 Å². The van der Waals surface area contributed by atoms with Gasteiger partial charge in [0.25, 0.3) is 0 Å². The number of rotatable bonds is 2. The molecule has 0 aliphatic heterocycles. The Balaban J connectivity index is 2.39. The van der Waals surface area contributed by atoms with Crippen molar-refractivity contribution in [3.8, 4) is 6.07 Å². The van der Waals surface area contributed by atoms with Crippen molar-refractivity contribution >= 4 is 11.4 Å². The van der Waals surface area contributed by atoms with Gasteiger partial charge in [-0.05, 0) is 43.7 Å². The largest absolute Gasteiger partial charge is 0.416 e. The van der Waals surface area contributed by atoms with Gasteiger partial charge in [0.2, 0.25) is 0 Å². The minimum atomic E-state index is -4.45. The Morgan fingerprint density at radius 3 is 2.24 bits per heavy atom. The van der Waals surface area contributed by atoms with Crippen LogP contribution >= 0.6 is 0 Å². The van der Waals surface area contributed by atoms with Crippen molar-refractivity contribution in [3.05, 3.63) is 58.7 Å². The zero-order valence-corrected chi connectivity index (χ0v) is 11.5. The molecular weight excluding hydrogens is 277 g/mol. The quantitative estimate of drug-likeness (QED) is 0.850. The van der Waals surface area contributed by atoms with Crippen molar-refractivity contribution in [2.24, 2.45) is 0 Å². The predicted molar refractivity (Wildman–Crippen MR) is 75.4 cm³/mol. The first kappa shape index (κ1) is 14.9. The van der Waals surface area contributed by atoms with Gasteiger partial charge < -0.3 is 5.32 Å². The fraction of sp³-hybridized carbons (Fsp3) is 0.188. The molecule has 0 saturated carbocycles. The van der Waals surface area contributed by atoms with Gasteiger partial charge >= 0.3 is 6.18 Å². The van der Waals surface area contributed by atoms with Crippen molar-refractivity contribution in [1.29, 1.82) is 5.26 Å². The van der Waals surface area contributed by atoms with E-state index in [2.05, 4.69) is 5.32 Å². The fourth-order valence-electron chi connectivity index (χ4n) is 2.02. The van der Waals surface area contributed by atoms with Crippen molar-refractivity contribution in [2.45, 2.75) is 20.0 Å². The number of nitriles is 1. The van der Waals surface area contributed by atoms with E-state index >= 15 is 0 Å². The molecular formula is C16H13F3N2. The molecule has 0 saturated heterocycles. The lowest BCUT2D eigenvalue weighted by Gasteiger charge is -2.13. The highest BCUT2D eigenvalue weighted by atomic mass is 19.4. The smallest absolute Gasteiger partial charge is 0.354 e. The first-order valence-electron chi connectivity index (χ1n) is 6.27. The average Bonchev–Trinajstić information content (AvgIpc) is 2.41. The Labute approximate surface area is 120 Å². The maximum Gasteiger partial charge on any atom is 0.416 e. The molecule has 0 aromatic heterocycles. The number of aryl methyl sites for hydroxylation is 2. The van der Waals surface area contributed by atoms with Gasteiger partial charge in [-0.3, -0.25) is 0 Å².